The van der Waals surface area contributed by atoms with Crippen LogP contribution in [0.4, 0.5) is 0 Å². The molecular formula is C17H14N4OS. The summed E-state index contributed by atoms with van der Waals surface area (Å²) >= 11 is 1.45. The van der Waals surface area contributed by atoms with Gasteiger partial charge in [0, 0.05) is 18.8 Å². The lowest BCUT2D eigenvalue weighted by Crippen LogP contribution is -2.23. The molecule has 23 heavy (non-hydrogen) atoms. The van der Waals surface area contributed by atoms with Gasteiger partial charge < -0.3 is 0 Å². The van der Waals surface area contributed by atoms with E-state index in [-0.39, 0.29) is 11.9 Å². The van der Waals surface area contributed by atoms with Crippen molar-refractivity contribution in [3.05, 3.63) is 66.0 Å². The molecule has 1 aromatic carbocycles. The summed E-state index contributed by atoms with van der Waals surface area (Å²) in [5.74, 6) is 0.298. The Labute approximate surface area is 138 Å². The Kier molecular flexibility index (Phi) is 3.67. The molecule has 0 aliphatic carbocycles. The van der Waals surface area contributed by atoms with E-state index in [1.165, 1.54) is 11.8 Å². The van der Waals surface area contributed by atoms with Crippen molar-refractivity contribution in [1.82, 2.24) is 9.99 Å². The van der Waals surface area contributed by atoms with E-state index in [4.69, 9.17) is 5.10 Å². The van der Waals surface area contributed by atoms with Gasteiger partial charge in [0.05, 0.1) is 17.5 Å². The Balaban J connectivity index is 1.72. The predicted molar refractivity (Wildman–Crippen MR) is 91.3 cm³/mol. The van der Waals surface area contributed by atoms with Crippen LogP contribution in [0.25, 0.3) is 0 Å². The average Bonchev–Trinajstić information content (AvgIpc) is 3.23. The van der Waals surface area contributed by atoms with Crippen LogP contribution in [0, 0.1) is 0 Å². The number of hydrogen-bond acceptors (Lipinski definition) is 5. The summed E-state index contributed by atoms with van der Waals surface area (Å²) in [5, 5.41) is 7.32. The van der Waals surface area contributed by atoms with Gasteiger partial charge in [0.1, 0.15) is 0 Å². The molecule has 0 N–H and O–H groups in total. The van der Waals surface area contributed by atoms with Crippen LogP contribution in [0.3, 0.4) is 0 Å². The van der Waals surface area contributed by atoms with Crippen LogP contribution in [0.1, 0.15) is 23.6 Å². The Hall–Kier alpha value is -2.47. The van der Waals surface area contributed by atoms with E-state index in [9.17, 15) is 4.79 Å². The molecule has 0 bridgehead atoms. The maximum absolute atomic E-state index is 11.5. The van der Waals surface area contributed by atoms with Crippen LogP contribution in [0.2, 0.25) is 0 Å². The third-order valence-electron chi connectivity index (χ3n) is 3.85. The van der Waals surface area contributed by atoms with Gasteiger partial charge >= 0.3 is 0 Å². The van der Waals surface area contributed by atoms with Crippen LogP contribution in [-0.4, -0.2) is 32.5 Å². The minimum Gasteiger partial charge on any atom is -0.272 e. The highest BCUT2D eigenvalue weighted by atomic mass is 32.2. The van der Waals surface area contributed by atoms with Crippen LogP contribution in [0.5, 0.6) is 0 Å². The van der Waals surface area contributed by atoms with Crippen LogP contribution in [-0.2, 0) is 4.79 Å². The molecule has 3 heterocycles. The maximum Gasteiger partial charge on any atom is 0.258 e. The molecule has 1 amide bonds. The number of carbonyl (C=O) groups excluding carboxylic acids is 1. The molecule has 4 rings (SSSR count). The molecule has 114 valence electrons. The minimum atomic E-state index is -0.0955. The number of carbonyl (C=O) groups is 1. The summed E-state index contributed by atoms with van der Waals surface area (Å²) in [6.45, 7) is 0. The zero-order chi connectivity index (χ0) is 15.6. The van der Waals surface area contributed by atoms with Gasteiger partial charge in [0.15, 0.2) is 5.17 Å². The molecule has 2 aliphatic rings. The first-order chi connectivity index (χ1) is 11.3. The lowest BCUT2D eigenvalue weighted by atomic mass is 9.99. The minimum absolute atomic E-state index is 0.0466. The SMILES string of the molecule is O=C1CSC(N2N=C(c3ccccc3)C[C@H]2c2ccncc2)=N1. The highest BCUT2D eigenvalue weighted by Crippen LogP contribution is 2.35. The third-order valence-corrected chi connectivity index (χ3v) is 4.78. The molecule has 0 radical (unpaired) electrons. The molecule has 0 spiro atoms. The third kappa shape index (κ3) is 2.77. The van der Waals surface area contributed by atoms with Crippen molar-refractivity contribution in [2.24, 2.45) is 10.1 Å². The Morgan fingerprint density at radius 1 is 1.09 bits per heavy atom. The predicted octanol–water partition coefficient (Wildman–Crippen LogP) is 2.86. The summed E-state index contributed by atoms with van der Waals surface area (Å²) in [7, 11) is 0. The first-order valence-electron chi connectivity index (χ1n) is 7.37. The van der Waals surface area contributed by atoms with E-state index >= 15 is 0 Å². The number of benzene rings is 1. The number of hydrazone groups is 1. The van der Waals surface area contributed by atoms with Gasteiger partial charge in [-0.25, -0.2) is 5.01 Å². The monoisotopic (exact) mass is 322 g/mol. The number of hydrogen-bond donors (Lipinski definition) is 0. The van der Waals surface area contributed by atoms with Gasteiger partial charge in [-0.1, -0.05) is 42.1 Å². The smallest absolute Gasteiger partial charge is 0.258 e. The lowest BCUT2D eigenvalue weighted by Gasteiger charge is -2.22. The summed E-state index contributed by atoms with van der Waals surface area (Å²) in [4.78, 5) is 19.7. The normalized spacial score (nSPS) is 20.6. The zero-order valence-electron chi connectivity index (χ0n) is 12.3. The van der Waals surface area contributed by atoms with Gasteiger partial charge in [-0.15, -0.1) is 0 Å². The van der Waals surface area contributed by atoms with Gasteiger partial charge in [-0.2, -0.15) is 10.1 Å². The van der Waals surface area contributed by atoms with E-state index in [1.807, 2.05) is 35.3 Å². The fourth-order valence-corrected chi connectivity index (χ4v) is 3.54. The Morgan fingerprint density at radius 2 is 1.87 bits per heavy atom. The second-order valence-electron chi connectivity index (χ2n) is 5.33. The topological polar surface area (TPSA) is 57.9 Å². The lowest BCUT2D eigenvalue weighted by molar-refractivity contribution is -0.115. The van der Waals surface area contributed by atoms with Crippen molar-refractivity contribution in [3.63, 3.8) is 0 Å². The molecule has 1 aromatic heterocycles. The first-order valence-corrected chi connectivity index (χ1v) is 8.36. The molecule has 0 saturated carbocycles. The highest BCUT2D eigenvalue weighted by Gasteiger charge is 2.34. The number of amidine groups is 1. The van der Waals surface area contributed by atoms with Gasteiger partial charge in [0.2, 0.25) is 0 Å². The van der Waals surface area contributed by atoms with Crippen molar-refractivity contribution >= 4 is 28.5 Å². The molecule has 5 nitrogen and oxygen atoms in total. The summed E-state index contributed by atoms with van der Waals surface area (Å²) in [5.41, 5.74) is 3.23. The molecule has 6 heteroatoms. The Bertz CT molecular complexity index is 789. The fourth-order valence-electron chi connectivity index (χ4n) is 2.75. The number of rotatable bonds is 2. The molecule has 1 atom stereocenters. The maximum atomic E-state index is 11.5. The zero-order valence-corrected chi connectivity index (χ0v) is 13.1. The summed E-state index contributed by atoms with van der Waals surface area (Å²) < 4.78 is 0. The van der Waals surface area contributed by atoms with E-state index in [2.05, 4.69) is 22.1 Å². The Morgan fingerprint density at radius 3 is 2.57 bits per heavy atom. The van der Waals surface area contributed by atoms with Crippen LogP contribution >= 0.6 is 11.8 Å². The van der Waals surface area contributed by atoms with Gasteiger partial charge in [-0.05, 0) is 23.3 Å². The van der Waals surface area contributed by atoms with E-state index < -0.39 is 0 Å². The van der Waals surface area contributed by atoms with Gasteiger partial charge in [-0.3, -0.25) is 9.78 Å². The van der Waals surface area contributed by atoms with Crippen molar-refractivity contribution in [3.8, 4) is 0 Å². The fraction of sp³-hybridized carbons (Fsp3) is 0.176. The highest BCUT2D eigenvalue weighted by molar-refractivity contribution is 8.14. The quantitative estimate of drug-likeness (QED) is 0.853. The van der Waals surface area contributed by atoms with Crippen molar-refractivity contribution in [2.45, 2.75) is 12.5 Å². The van der Waals surface area contributed by atoms with E-state index in [1.54, 1.807) is 12.4 Å². The van der Waals surface area contributed by atoms with Crippen molar-refractivity contribution < 1.29 is 4.79 Å². The van der Waals surface area contributed by atoms with E-state index in [0.29, 0.717) is 10.9 Å². The molecule has 0 fully saturated rings. The van der Waals surface area contributed by atoms with Crippen molar-refractivity contribution in [2.75, 3.05) is 5.75 Å². The summed E-state index contributed by atoms with van der Waals surface area (Å²) in [6, 6.07) is 14.1. The number of pyridine rings is 1. The number of nitrogens with zero attached hydrogens (tertiary/aromatic N) is 4. The van der Waals surface area contributed by atoms with E-state index in [0.717, 1.165) is 23.3 Å². The second kappa shape index (κ2) is 5.96. The molecule has 2 aliphatic heterocycles. The number of aromatic nitrogens is 1. The largest absolute Gasteiger partial charge is 0.272 e. The number of aliphatic imine (C=N–C) groups is 1. The van der Waals surface area contributed by atoms with Crippen molar-refractivity contribution in [1.29, 1.82) is 0 Å². The number of thioether (sulfide) groups is 1. The van der Waals surface area contributed by atoms with Crippen LogP contribution < -0.4 is 0 Å². The summed E-state index contributed by atoms with van der Waals surface area (Å²) in [6.07, 6.45) is 4.34. The second-order valence-corrected chi connectivity index (χ2v) is 6.28. The van der Waals surface area contributed by atoms with Gasteiger partial charge in [0.25, 0.3) is 5.91 Å². The average molecular weight is 322 g/mol. The molecule has 2 aromatic rings. The molecule has 0 unspecified atom stereocenters. The first kappa shape index (κ1) is 14.1. The standard InChI is InChI=1S/C17H14N4OS/c22-16-11-23-17(19-16)21-15(13-6-8-18-9-7-13)10-14(20-21)12-4-2-1-3-5-12/h1-9,15H,10-11H2/t15-/m0/s1. The number of amides is 1. The van der Waals surface area contributed by atoms with Crippen LogP contribution in [0.15, 0.2) is 65.0 Å². The molecule has 0 saturated heterocycles. The molecular weight excluding hydrogens is 308 g/mol.